The Morgan fingerprint density at radius 1 is 1.53 bits per heavy atom. The van der Waals surface area contributed by atoms with Gasteiger partial charge < -0.3 is 9.72 Å². The molecule has 1 aromatic heterocycles. The minimum absolute atomic E-state index is 0.0351. The van der Waals surface area contributed by atoms with E-state index in [0.717, 1.165) is 15.8 Å². The number of rotatable bonds is 4. The molecule has 0 aliphatic rings. The number of nitrogens with zero attached hydrogens (tertiary/aromatic N) is 1. The second-order valence-electron chi connectivity index (χ2n) is 3.51. The first-order valence-electron chi connectivity index (χ1n) is 5.05. The zero-order chi connectivity index (χ0) is 12.3. The molecule has 0 amide bonds. The number of ketones is 1. The van der Waals surface area contributed by atoms with E-state index in [1.165, 1.54) is 0 Å². The van der Waals surface area contributed by atoms with E-state index in [1.807, 2.05) is 18.2 Å². The molecule has 4 nitrogen and oxygen atoms in total. The number of imidazole rings is 1. The van der Waals surface area contributed by atoms with Gasteiger partial charge in [0, 0.05) is 18.8 Å². The van der Waals surface area contributed by atoms with E-state index in [4.69, 9.17) is 4.74 Å². The van der Waals surface area contributed by atoms with Crippen LogP contribution in [0.25, 0.3) is 0 Å². The largest absolute Gasteiger partial charge is 0.496 e. The van der Waals surface area contributed by atoms with Gasteiger partial charge in [-0.1, -0.05) is 6.07 Å². The third kappa shape index (κ3) is 2.74. The van der Waals surface area contributed by atoms with E-state index in [9.17, 15) is 4.79 Å². The summed E-state index contributed by atoms with van der Waals surface area (Å²) in [6.45, 7) is 0. The molecule has 1 N–H and O–H groups in total. The van der Waals surface area contributed by atoms with Crippen LogP contribution in [-0.2, 0) is 6.42 Å². The number of nitrogens with one attached hydrogen (secondary N) is 1. The van der Waals surface area contributed by atoms with Crippen molar-refractivity contribution in [1.29, 1.82) is 0 Å². The zero-order valence-corrected chi connectivity index (χ0v) is 10.8. The van der Waals surface area contributed by atoms with Crippen LogP contribution in [0.3, 0.4) is 0 Å². The third-order valence-electron chi connectivity index (χ3n) is 2.34. The minimum atomic E-state index is -0.0351. The Labute approximate surface area is 107 Å². The molecule has 1 heterocycles. The number of hydrogen-bond donors (Lipinski definition) is 1. The Morgan fingerprint density at radius 2 is 2.35 bits per heavy atom. The number of benzene rings is 1. The van der Waals surface area contributed by atoms with E-state index in [2.05, 4.69) is 25.9 Å². The molecule has 0 bridgehead atoms. The second kappa shape index (κ2) is 5.14. The summed E-state index contributed by atoms with van der Waals surface area (Å²) in [6, 6.07) is 5.57. The molecule has 2 rings (SSSR count). The Morgan fingerprint density at radius 3 is 2.94 bits per heavy atom. The smallest absolute Gasteiger partial charge is 0.202 e. The van der Waals surface area contributed by atoms with E-state index in [-0.39, 0.29) is 5.78 Å². The molecule has 0 saturated carbocycles. The molecule has 17 heavy (non-hydrogen) atoms. The molecule has 2 aromatic rings. The zero-order valence-electron chi connectivity index (χ0n) is 9.24. The first-order valence-corrected chi connectivity index (χ1v) is 5.85. The molecule has 0 unspecified atom stereocenters. The Hall–Kier alpha value is -1.62. The van der Waals surface area contributed by atoms with Gasteiger partial charge in [-0.2, -0.15) is 0 Å². The summed E-state index contributed by atoms with van der Waals surface area (Å²) in [4.78, 5) is 18.5. The predicted octanol–water partition coefficient (Wildman–Crippen LogP) is 2.61. The van der Waals surface area contributed by atoms with Crippen LogP contribution >= 0.6 is 15.9 Å². The van der Waals surface area contributed by atoms with Crippen LogP contribution in [0.15, 0.2) is 35.1 Å². The Bertz CT molecular complexity index is 523. The van der Waals surface area contributed by atoms with Crippen LogP contribution in [0.4, 0.5) is 0 Å². The summed E-state index contributed by atoms with van der Waals surface area (Å²) in [7, 11) is 1.60. The molecule has 0 spiro atoms. The molecule has 88 valence electrons. The molecular weight excluding hydrogens is 284 g/mol. The van der Waals surface area contributed by atoms with Crippen LogP contribution in [0.1, 0.15) is 16.2 Å². The van der Waals surface area contributed by atoms with Crippen LogP contribution in [0.5, 0.6) is 5.75 Å². The van der Waals surface area contributed by atoms with Gasteiger partial charge in [0.15, 0.2) is 5.82 Å². The molecular formula is C12H11BrN2O2. The van der Waals surface area contributed by atoms with Gasteiger partial charge in [-0.15, -0.1) is 0 Å². The topological polar surface area (TPSA) is 55.0 Å². The number of Topliss-reactive ketones (excluding diaryl/α,β-unsaturated/α-hetero) is 1. The van der Waals surface area contributed by atoms with Crippen LogP contribution in [0.2, 0.25) is 0 Å². The molecule has 1 aromatic carbocycles. The highest BCUT2D eigenvalue weighted by molar-refractivity contribution is 9.10. The highest BCUT2D eigenvalue weighted by Crippen LogP contribution is 2.25. The van der Waals surface area contributed by atoms with Gasteiger partial charge in [0.1, 0.15) is 5.75 Å². The van der Waals surface area contributed by atoms with E-state index in [1.54, 1.807) is 19.5 Å². The first kappa shape index (κ1) is 11.9. The third-order valence-corrected chi connectivity index (χ3v) is 2.96. The number of H-pyrrole nitrogens is 1. The SMILES string of the molecule is COc1ccc(CC(=O)c2ncc[nH]2)cc1Br. The van der Waals surface area contributed by atoms with Gasteiger partial charge in [0.2, 0.25) is 5.78 Å². The van der Waals surface area contributed by atoms with Crippen molar-refractivity contribution in [1.82, 2.24) is 9.97 Å². The normalized spacial score (nSPS) is 10.2. The lowest BCUT2D eigenvalue weighted by Gasteiger charge is -2.05. The van der Waals surface area contributed by atoms with Crippen molar-refractivity contribution in [3.8, 4) is 5.75 Å². The van der Waals surface area contributed by atoms with Gasteiger partial charge in [-0.05, 0) is 33.6 Å². The van der Waals surface area contributed by atoms with Crippen molar-refractivity contribution >= 4 is 21.7 Å². The fourth-order valence-corrected chi connectivity index (χ4v) is 2.09. The van der Waals surface area contributed by atoms with Crippen molar-refractivity contribution in [3.63, 3.8) is 0 Å². The van der Waals surface area contributed by atoms with E-state index >= 15 is 0 Å². The van der Waals surface area contributed by atoms with Crippen molar-refractivity contribution < 1.29 is 9.53 Å². The minimum Gasteiger partial charge on any atom is -0.496 e. The molecule has 0 aliphatic heterocycles. The maximum absolute atomic E-state index is 11.8. The maximum Gasteiger partial charge on any atom is 0.202 e. The van der Waals surface area contributed by atoms with E-state index < -0.39 is 0 Å². The molecule has 0 radical (unpaired) electrons. The average Bonchev–Trinajstić information content (AvgIpc) is 2.82. The van der Waals surface area contributed by atoms with Crippen LogP contribution in [-0.4, -0.2) is 22.9 Å². The lowest BCUT2D eigenvalue weighted by Crippen LogP contribution is -2.05. The Kier molecular flexibility index (Phi) is 3.58. The van der Waals surface area contributed by atoms with Crippen LogP contribution < -0.4 is 4.74 Å². The fraction of sp³-hybridized carbons (Fsp3) is 0.167. The quantitative estimate of drug-likeness (QED) is 0.882. The fourth-order valence-electron chi connectivity index (χ4n) is 1.51. The number of aromatic amines is 1. The number of halogens is 1. The summed E-state index contributed by atoms with van der Waals surface area (Å²) in [5.74, 6) is 1.10. The maximum atomic E-state index is 11.8. The lowest BCUT2D eigenvalue weighted by molar-refractivity contribution is 0.0984. The second-order valence-corrected chi connectivity index (χ2v) is 4.36. The van der Waals surface area contributed by atoms with Crippen molar-refractivity contribution in [2.75, 3.05) is 7.11 Å². The van der Waals surface area contributed by atoms with Crippen molar-refractivity contribution in [2.24, 2.45) is 0 Å². The summed E-state index contributed by atoms with van der Waals surface area (Å²) in [5.41, 5.74) is 0.916. The van der Waals surface area contributed by atoms with Crippen molar-refractivity contribution in [2.45, 2.75) is 6.42 Å². The molecule has 0 saturated heterocycles. The summed E-state index contributed by atoms with van der Waals surface area (Å²) in [6.07, 6.45) is 3.52. The standard InChI is InChI=1S/C12H11BrN2O2/c1-17-11-3-2-8(6-9(11)13)7-10(16)12-14-4-5-15-12/h2-6H,7H2,1H3,(H,14,15). The number of carbonyl (C=O) groups excluding carboxylic acids is 1. The van der Waals surface area contributed by atoms with Gasteiger partial charge in [-0.3, -0.25) is 4.79 Å². The molecule has 0 atom stereocenters. The molecule has 5 heteroatoms. The molecule has 0 aliphatic carbocycles. The first-order chi connectivity index (χ1) is 8.20. The van der Waals surface area contributed by atoms with Gasteiger partial charge in [-0.25, -0.2) is 4.98 Å². The van der Waals surface area contributed by atoms with Gasteiger partial charge in [0.05, 0.1) is 11.6 Å². The average molecular weight is 295 g/mol. The Balaban J connectivity index is 2.14. The number of carbonyl (C=O) groups is 1. The lowest BCUT2D eigenvalue weighted by atomic mass is 10.1. The summed E-state index contributed by atoms with van der Waals surface area (Å²) < 4.78 is 5.96. The number of methoxy groups -OCH3 is 1. The van der Waals surface area contributed by atoms with Gasteiger partial charge >= 0.3 is 0 Å². The van der Waals surface area contributed by atoms with Gasteiger partial charge in [0.25, 0.3) is 0 Å². The van der Waals surface area contributed by atoms with Crippen molar-refractivity contribution in [3.05, 3.63) is 46.5 Å². The highest BCUT2D eigenvalue weighted by Gasteiger charge is 2.10. The highest BCUT2D eigenvalue weighted by atomic mass is 79.9. The summed E-state index contributed by atoms with van der Waals surface area (Å²) >= 11 is 3.39. The molecule has 0 fully saturated rings. The predicted molar refractivity (Wildman–Crippen MR) is 67.3 cm³/mol. The number of aromatic nitrogens is 2. The van der Waals surface area contributed by atoms with Crippen LogP contribution in [0, 0.1) is 0 Å². The number of ether oxygens (including phenoxy) is 1. The number of hydrogen-bond acceptors (Lipinski definition) is 3. The van der Waals surface area contributed by atoms with E-state index in [0.29, 0.717) is 12.2 Å². The monoisotopic (exact) mass is 294 g/mol. The summed E-state index contributed by atoms with van der Waals surface area (Å²) in [5, 5.41) is 0.